The number of ether oxygens (including phenoxy) is 1. The maximum absolute atomic E-state index is 11.5. The minimum atomic E-state index is -0.147. The lowest BCUT2D eigenvalue weighted by atomic mass is 10.2. The molecular weight excluding hydrogens is 192 g/mol. The third-order valence-electron chi connectivity index (χ3n) is 1.83. The predicted octanol–water partition coefficient (Wildman–Crippen LogP) is 1.34. The van der Waals surface area contributed by atoms with E-state index in [1.807, 2.05) is 13.8 Å². The van der Waals surface area contributed by atoms with Crippen LogP contribution in [0.25, 0.3) is 0 Å². The van der Waals surface area contributed by atoms with Crippen molar-refractivity contribution in [1.29, 1.82) is 0 Å². The molecule has 0 unspecified atom stereocenters. The minimum Gasteiger partial charge on any atom is -0.497 e. The highest BCUT2D eigenvalue weighted by Gasteiger charge is 2.04. The highest BCUT2D eigenvalue weighted by molar-refractivity contribution is 5.93. The lowest BCUT2D eigenvalue weighted by Crippen LogP contribution is -2.41. The van der Waals surface area contributed by atoms with Crippen LogP contribution >= 0.6 is 0 Å². The lowest BCUT2D eigenvalue weighted by Gasteiger charge is -2.09. The first-order valence-corrected chi connectivity index (χ1v) is 4.83. The Morgan fingerprint density at radius 3 is 2.33 bits per heavy atom. The van der Waals surface area contributed by atoms with Gasteiger partial charge in [-0.2, -0.15) is 0 Å². The molecule has 0 radical (unpaired) electrons. The van der Waals surface area contributed by atoms with Crippen molar-refractivity contribution in [3.63, 3.8) is 0 Å². The molecule has 0 aliphatic heterocycles. The van der Waals surface area contributed by atoms with E-state index in [2.05, 4.69) is 10.9 Å². The average Bonchev–Trinajstić information content (AvgIpc) is 2.26. The van der Waals surface area contributed by atoms with Crippen LogP contribution in [-0.4, -0.2) is 19.1 Å². The maximum Gasteiger partial charge on any atom is 0.265 e. The van der Waals surface area contributed by atoms with Crippen LogP contribution in [0, 0.1) is 0 Å². The van der Waals surface area contributed by atoms with Crippen LogP contribution < -0.4 is 15.6 Å². The Kier molecular flexibility index (Phi) is 4.12. The Balaban J connectivity index is 2.58. The molecule has 0 aromatic heterocycles. The average molecular weight is 208 g/mol. The molecule has 0 aliphatic rings. The summed E-state index contributed by atoms with van der Waals surface area (Å²) in [5.74, 6) is 0.592. The number of carbonyl (C=O) groups excluding carboxylic acids is 1. The summed E-state index contributed by atoms with van der Waals surface area (Å²) in [5, 5.41) is 0. The van der Waals surface area contributed by atoms with Gasteiger partial charge in [0.2, 0.25) is 0 Å². The molecule has 0 saturated carbocycles. The molecule has 0 aliphatic carbocycles. The molecular formula is C11H16N2O2. The largest absolute Gasteiger partial charge is 0.497 e. The van der Waals surface area contributed by atoms with Gasteiger partial charge in [0.25, 0.3) is 5.91 Å². The van der Waals surface area contributed by atoms with Gasteiger partial charge in [-0.25, -0.2) is 5.43 Å². The monoisotopic (exact) mass is 208 g/mol. The summed E-state index contributed by atoms with van der Waals surface area (Å²) in [4.78, 5) is 11.5. The molecule has 0 bridgehead atoms. The van der Waals surface area contributed by atoms with Crippen molar-refractivity contribution in [3.05, 3.63) is 29.8 Å². The van der Waals surface area contributed by atoms with Gasteiger partial charge in [-0.1, -0.05) is 0 Å². The molecule has 0 spiro atoms. The summed E-state index contributed by atoms with van der Waals surface area (Å²) in [7, 11) is 1.59. The van der Waals surface area contributed by atoms with E-state index in [-0.39, 0.29) is 11.9 Å². The first-order chi connectivity index (χ1) is 7.13. The third-order valence-corrected chi connectivity index (χ3v) is 1.83. The zero-order chi connectivity index (χ0) is 11.3. The van der Waals surface area contributed by atoms with E-state index < -0.39 is 0 Å². The zero-order valence-electron chi connectivity index (χ0n) is 9.20. The van der Waals surface area contributed by atoms with Crippen LogP contribution in [0.1, 0.15) is 24.2 Å². The number of methoxy groups -OCH3 is 1. The molecule has 2 N–H and O–H groups in total. The zero-order valence-corrected chi connectivity index (χ0v) is 9.20. The molecule has 1 rings (SSSR count). The number of hydrogen-bond acceptors (Lipinski definition) is 3. The first-order valence-electron chi connectivity index (χ1n) is 4.83. The van der Waals surface area contributed by atoms with Gasteiger partial charge < -0.3 is 4.74 Å². The standard InChI is InChI=1S/C11H16N2O2/c1-8(2)12-13-11(14)9-4-6-10(15-3)7-5-9/h4-8,12H,1-3H3,(H,13,14). The maximum atomic E-state index is 11.5. The SMILES string of the molecule is COc1ccc(C(=O)NNC(C)C)cc1. The molecule has 0 saturated heterocycles. The molecule has 82 valence electrons. The fourth-order valence-electron chi connectivity index (χ4n) is 1.02. The second-order valence-corrected chi connectivity index (χ2v) is 3.48. The summed E-state index contributed by atoms with van der Waals surface area (Å²) in [6.07, 6.45) is 0. The highest BCUT2D eigenvalue weighted by Crippen LogP contribution is 2.10. The van der Waals surface area contributed by atoms with Gasteiger partial charge in [-0.05, 0) is 38.1 Å². The Morgan fingerprint density at radius 2 is 1.87 bits per heavy atom. The fraction of sp³-hybridized carbons (Fsp3) is 0.364. The number of benzene rings is 1. The fourth-order valence-corrected chi connectivity index (χ4v) is 1.02. The number of carbonyl (C=O) groups is 1. The van der Waals surface area contributed by atoms with Gasteiger partial charge in [-0.3, -0.25) is 10.2 Å². The second-order valence-electron chi connectivity index (χ2n) is 3.48. The smallest absolute Gasteiger partial charge is 0.265 e. The van der Waals surface area contributed by atoms with Crippen molar-refractivity contribution in [2.75, 3.05) is 7.11 Å². The van der Waals surface area contributed by atoms with E-state index in [0.29, 0.717) is 5.56 Å². The normalized spacial score (nSPS) is 10.1. The van der Waals surface area contributed by atoms with E-state index in [9.17, 15) is 4.79 Å². The van der Waals surface area contributed by atoms with Crippen molar-refractivity contribution in [2.24, 2.45) is 0 Å². The Labute approximate surface area is 89.6 Å². The molecule has 1 amide bonds. The molecule has 0 heterocycles. The van der Waals surface area contributed by atoms with Crippen LogP contribution in [0.2, 0.25) is 0 Å². The van der Waals surface area contributed by atoms with E-state index in [1.165, 1.54) is 0 Å². The molecule has 15 heavy (non-hydrogen) atoms. The van der Waals surface area contributed by atoms with Crippen LogP contribution in [0.15, 0.2) is 24.3 Å². The summed E-state index contributed by atoms with van der Waals surface area (Å²) >= 11 is 0. The van der Waals surface area contributed by atoms with Gasteiger partial charge in [0.05, 0.1) is 7.11 Å². The van der Waals surface area contributed by atoms with E-state index >= 15 is 0 Å². The van der Waals surface area contributed by atoms with Crippen molar-refractivity contribution >= 4 is 5.91 Å². The minimum absolute atomic E-state index is 0.147. The number of hydrogen-bond donors (Lipinski definition) is 2. The number of rotatable bonds is 4. The Hall–Kier alpha value is -1.55. The molecule has 1 aromatic rings. The topological polar surface area (TPSA) is 50.4 Å². The first kappa shape index (κ1) is 11.5. The van der Waals surface area contributed by atoms with E-state index in [0.717, 1.165) is 5.75 Å². The number of hydrazine groups is 1. The van der Waals surface area contributed by atoms with Gasteiger partial charge in [0.15, 0.2) is 0 Å². The molecule has 1 aromatic carbocycles. The van der Waals surface area contributed by atoms with Gasteiger partial charge >= 0.3 is 0 Å². The third kappa shape index (κ3) is 3.59. The summed E-state index contributed by atoms with van der Waals surface area (Å²) < 4.78 is 5.00. The molecule has 0 atom stereocenters. The molecule has 4 heteroatoms. The summed E-state index contributed by atoms with van der Waals surface area (Å²) in [6, 6.07) is 7.16. The predicted molar refractivity (Wildman–Crippen MR) is 58.7 cm³/mol. The number of nitrogens with one attached hydrogen (secondary N) is 2. The highest BCUT2D eigenvalue weighted by atomic mass is 16.5. The van der Waals surface area contributed by atoms with Crippen LogP contribution in [-0.2, 0) is 0 Å². The number of amides is 1. The van der Waals surface area contributed by atoms with Gasteiger partial charge in [-0.15, -0.1) is 0 Å². The van der Waals surface area contributed by atoms with Crippen molar-refractivity contribution in [2.45, 2.75) is 19.9 Å². The quantitative estimate of drug-likeness (QED) is 0.734. The Bertz CT molecular complexity index is 320. The van der Waals surface area contributed by atoms with Crippen LogP contribution in [0.5, 0.6) is 5.75 Å². The van der Waals surface area contributed by atoms with E-state index in [1.54, 1.807) is 31.4 Å². The molecule has 0 fully saturated rings. The van der Waals surface area contributed by atoms with Crippen molar-refractivity contribution in [1.82, 2.24) is 10.9 Å². The molecule has 4 nitrogen and oxygen atoms in total. The summed E-state index contributed by atoms with van der Waals surface area (Å²) in [5.41, 5.74) is 6.05. The van der Waals surface area contributed by atoms with Crippen molar-refractivity contribution < 1.29 is 9.53 Å². The Morgan fingerprint density at radius 1 is 1.27 bits per heavy atom. The van der Waals surface area contributed by atoms with Crippen molar-refractivity contribution in [3.8, 4) is 5.75 Å². The van der Waals surface area contributed by atoms with Gasteiger partial charge in [0.1, 0.15) is 5.75 Å². The van der Waals surface area contributed by atoms with Crippen LogP contribution in [0.3, 0.4) is 0 Å². The second kappa shape index (κ2) is 5.36. The van der Waals surface area contributed by atoms with E-state index in [4.69, 9.17) is 4.74 Å². The lowest BCUT2D eigenvalue weighted by molar-refractivity contribution is 0.0927. The van der Waals surface area contributed by atoms with Crippen LogP contribution in [0.4, 0.5) is 0 Å². The van der Waals surface area contributed by atoms with Gasteiger partial charge in [0, 0.05) is 11.6 Å². The summed E-state index contributed by atoms with van der Waals surface area (Å²) in [6.45, 7) is 3.91.